The summed E-state index contributed by atoms with van der Waals surface area (Å²) in [6.07, 6.45) is 3.42. The minimum absolute atomic E-state index is 0.331. The maximum absolute atomic E-state index is 5.60. The summed E-state index contributed by atoms with van der Waals surface area (Å²) in [5.41, 5.74) is 0. The second kappa shape index (κ2) is 5.41. The summed E-state index contributed by atoms with van der Waals surface area (Å²) in [6, 6.07) is 0.339. The van der Waals surface area contributed by atoms with Crippen LogP contribution in [0.1, 0.15) is 38.4 Å². The third-order valence-electron chi connectivity index (χ3n) is 2.92. The van der Waals surface area contributed by atoms with Crippen molar-refractivity contribution in [1.82, 2.24) is 15.5 Å². The number of nitrogens with one attached hydrogen (secondary N) is 1. The van der Waals surface area contributed by atoms with E-state index in [2.05, 4.69) is 22.4 Å². The Kier molecular flexibility index (Phi) is 3.90. The SMILES string of the molecule is CCc1nc(CNC(C)C2CCCO2)no1. The summed E-state index contributed by atoms with van der Waals surface area (Å²) in [5.74, 6) is 1.42. The van der Waals surface area contributed by atoms with Crippen molar-refractivity contribution in [2.45, 2.75) is 51.8 Å². The van der Waals surface area contributed by atoms with Gasteiger partial charge in [-0.05, 0) is 19.8 Å². The van der Waals surface area contributed by atoms with Crippen LogP contribution in [0.15, 0.2) is 4.52 Å². The van der Waals surface area contributed by atoms with Crippen LogP contribution in [-0.2, 0) is 17.7 Å². The molecular formula is C11H19N3O2. The molecular weight excluding hydrogens is 206 g/mol. The first-order valence-electron chi connectivity index (χ1n) is 5.96. The van der Waals surface area contributed by atoms with Gasteiger partial charge in [0.1, 0.15) is 0 Å². The molecule has 1 fully saturated rings. The third-order valence-corrected chi connectivity index (χ3v) is 2.92. The Balaban J connectivity index is 1.77. The zero-order chi connectivity index (χ0) is 11.4. The zero-order valence-corrected chi connectivity index (χ0v) is 9.90. The predicted molar refractivity (Wildman–Crippen MR) is 59.0 cm³/mol. The van der Waals surface area contributed by atoms with E-state index in [-0.39, 0.29) is 0 Å². The van der Waals surface area contributed by atoms with Crippen LogP contribution in [0.25, 0.3) is 0 Å². The van der Waals surface area contributed by atoms with Crippen molar-refractivity contribution < 1.29 is 9.26 Å². The van der Waals surface area contributed by atoms with E-state index in [1.54, 1.807) is 0 Å². The van der Waals surface area contributed by atoms with Crippen molar-refractivity contribution in [3.63, 3.8) is 0 Å². The van der Waals surface area contributed by atoms with Crippen molar-refractivity contribution in [1.29, 1.82) is 0 Å². The Morgan fingerprint density at radius 2 is 2.44 bits per heavy atom. The maximum Gasteiger partial charge on any atom is 0.226 e. The quantitative estimate of drug-likeness (QED) is 0.818. The lowest BCUT2D eigenvalue weighted by molar-refractivity contribution is 0.0829. The first-order valence-corrected chi connectivity index (χ1v) is 5.96. The Morgan fingerprint density at radius 3 is 3.06 bits per heavy atom. The van der Waals surface area contributed by atoms with Gasteiger partial charge in [-0.2, -0.15) is 4.98 Å². The molecule has 16 heavy (non-hydrogen) atoms. The molecule has 5 heteroatoms. The lowest BCUT2D eigenvalue weighted by Gasteiger charge is -2.18. The lowest BCUT2D eigenvalue weighted by Crippen LogP contribution is -2.36. The van der Waals surface area contributed by atoms with Gasteiger partial charge in [-0.3, -0.25) is 0 Å². The van der Waals surface area contributed by atoms with E-state index in [1.165, 1.54) is 6.42 Å². The second-order valence-corrected chi connectivity index (χ2v) is 4.18. The Bertz CT molecular complexity index is 321. The lowest BCUT2D eigenvalue weighted by atomic mass is 10.1. The Morgan fingerprint density at radius 1 is 1.56 bits per heavy atom. The van der Waals surface area contributed by atoms with Crippen molar-refractivity contribution in [2.75, 3.05) is 6.61 Å². The van der Waals surface area contributed by atoms with E-state index < -0.39 is 0 Å². The smallest absolute Gasteiger partial charge is 0.226 e. The number of ether oxygens (including phenoxy) is 1. The maximum atomic E-state index is 5.60. The van der Waals surface area contributed by atoms with Gasteiger partial charge < -0.3 is 14.6 Å². The minimum atomic E-state index is 0.331. The fraction of sp³-hybridized carbons (Fsp3) is 0.818. The van der Waals surface area contributed by atoms with Gasteiger partial charge in [-0.1, -0.05) is 12.1 Å². The summed E-state index contributed by atoms with van der Waals surface area (Å²) < 4.78 is 10.6. The van der Waals surface area contributed by atoms with Gasteiger partial charge in [-0.25, -0.2) is 0 Å². The number of hydrogen-bond donors (Lipinski definition) is 1. The van der Waals surface area contributed by atoms with Crippen molar-refractivity contribution in [3.05, 3.63) is 11.7 Å². The number of rotatable bonds is 5. The summed E-state index contributed by atoms with van der Waals surface area (Å²) in [6.45, 7) is 5.67. The average Bonchev–Trinajstić information content (AvgIpc) is 2.96. The van der Waals surface area contributed by atoms with Gasteiger partial charge in [-0.15, -0.1) is 0 Å². The monoisotopic (exact) mass is 225 g/mol. The highest BCUT2D eigenvalue weighted by molar-refractivity contribution is 4.87. The zero-order valence-electron chi connectivity index (χ0n) is 9.90. The van der Waals surface area contributed by atoms with Crippen LogP contribution in [0.4, 0.5) is 0 Å². The molecule has 1 aliphatic rings. The molecule has 1 aromatic rings. The Labute approximate surface area is 95.6 Å². The molecule has 0 bridgehead atoms. The van der Waals surface area contributed by atoms with Crippen LogP contribution in [0, 0.1) is 0 Å². The van der Waals surface area contributed by atoms with Gasteiger partial charge >= 0.3 is 0 Å². The second-order valence-electron chi connectivity index (χ2n) is 4.18. The van der Waals surface area contributed by atoms with Crippen molar-refractivity contribution in [2.24, 2.45) is 0 Å². The van der Waals surface area contributed by atoms with Crippen molar-refractivity contribution >= 4 is 0 Å². The van der Waals surface area contributed by atoms with Crippen LogP contribution in [0.2, 0.25) is 0 Å². The third kappa shape index (κ3) is 2.80. The van der Waals surface area contributed by atoms with Crippen LogP contribution in [0.3, 0.4) is 0 Å². The molecule has 5 nitrogen and oxygen atoms in total. The van der Waals surface area contributed by atoms with Crippen LogP contribution >= 0.6 is 0 Å². The summed E-state index contributed by atoms with van der Waals surface area (Å²) in [4.78, 5) is 4.25. The summed E-state index contributed by atoms with van der Waals surface area (Å²) in [5, 5.41) is 7.26. The van der Waals surface area contributed by atoms with E-state index in [4.69, 9.17) is 9.26 Å². The number of aryl methyl sites for hydroxylation is 1. The van der Waals surface area contributed by atoms with Gasteiger partial charge in [0.15, 0.2) is 5.82 Å². The molecule has 0 aromatic carbocycles. The molecule has 0 saturated carbocycles. The predicted octanol–water partition coefficient (Wildman–Crippen LogP) is 1.29. The highest BCUT2D eigenvalue weighted by Gasteiger charge is 2.22. The fourth-order valence-electron chi connectivity index (χ4n) is 1.89. The fourth-order valence-corrected chi connectivity index (χ4v) is 1.89. The van der Waals surface area contributed by atoms with Crippen LogP contribution in [-0.4, -0.2) is 28.9 Å². The molecule has 90 valence electrons. The van der Waals surface area contributed by atoms with E-state index in [0.717, 1.165) is 25.3 Å². The van der Waals surface area contributed by atoms with E-state index in [9.17, 15) is 0 Å². The molecule has 1 saturated heterocycles. The number of nitrogens with zero attached hydrogens (tertiary/aromatic N) is 2. The number of hydrogen-bond acceptors (Lipinski definition) is 5. The molecule has 2 rings (SSSR count). The van der Waals surface area contributed by atoms with E-state index in [1.807, 2.05) is 6.92 Å². The van der Waals surface area contributed by atoms with E-state index >= 15 is 0 Å². The highest BCUT2D eigenvalue weighted by atomic mass is 16.5. The molecule has 0 aliphatic carbocycles. The molecule has 2 atom stereocenters. The molecule has 0 radical (unpaired) electrons. The molecule has 0 spiro atoms. The van der Waals surface area contributed by atoms with Gasteiger partial charge in [0.2, 0.25) is 5.89 Å². The summed E-state index contributed by atoms with van der Waals surface area (Å²) in [7, 11) is 0. The molecule has 2 unspecified atom stereocenters. The largest absolute Gasteiger partial charge is 0.377 e. The van der Waals surface area contributed by atoms with Crippen LogP contribution in [0.5, 0.6) is 0 Å². The highest BCUT2D eigenvalue weighted by Crippen LogP contribution is 2.15. The van der Waals surface area contributed by atoms with Gasteiger partial charge in [0.25, 0.3) is 0 Å². The molecule has 1 N–H and O–H groups in total. The summed E-state index contributed by atoms with van der Waals surface area (Å²) >= 11 is 0. The normalized spacial score (nSPS) is 22.5. The Hall–Kier alpha value is -0.940. The van der Waals surface area contributed by atoms with Crippen molar-refractivity contribution in [3.8, 4) is 0 Å². The average molecular weight is 225 g/mol. The molecule has 1 aromatic heterocycles. The van der Waals surface area contributed by atoms with Gasteiger partial charge in [0, 0.05) is 19.1 Å². The minimum Gasteiger partial charge on any atom is -0.377 e. The standard InChI is InChI=1S/C11H19N3O2/c1-3-11-13-10(14-16-11)7-12-8(2)9-5-4-6-15-9/h8-9,12H,3-7H2,1-2H3. The topological polar surface area (TPSA) is 60.2 Å². The number of aromatic nitrogens is 2. The molecule has 2 heterocycles. The molecule has 0 amide bonds. The first-order chi connectivity index (χ1) is 7.79. The molecule has 1 aliphatic heterocycles. The first kappa shape index (κ1) is 11.5. The van der Waals surface area contributed by atoms with Crippen LogP contribution < -0.4 is 5.32 Å². The van der Waals surface area contributed by atoms with E-state index in [0.29, 0.717) is 24.6 Å². The van der Waals surface area contributed by atoms with Gasteiger partial charge in [0.05, 0.1) is 12.6 Å².